The van der Waals surface area contributed by atoms with E-state index in [-0.39, 0.29) is 0 Å². The molecule has 1 aromatic heterocycles. The Bertz CT molecular complexity index is 925. The van der Waals surface area contributed by atoms with Gasteiger partial charge >= 0.3 is 0 Å². The molecular weight excluding hydrogens is 310 g/mol. The van der Waals surface area contributed by atoms with E-state index in [1.165, 1.54) is 16.9 Å². The molecule has 25 heavy (non-hydrogen) atoms. The Morgan fingerprint density at radius 1 is 1.12 bits per heavy atom. The summed E-state index contributed by atoms with van der Waals surface area (Å²) < 4.78 is 0. The first kappa shape index (κ1) is 14.4. The molecule has 0 unspecified atom stereocenters. The minimum atomic E-state index is 0.933. The number of hydrogen-bond acceptors (Lipinski definition) is 4. The number of nitrogens with one attached hydrogen (secondary N) is 1. The Morgan fingerprint density at radius 3 is 2.88 bits per heavy atom. The lowest BCUT2D eigenvalue weighted by molar-refractivity contribution is 0.429. The third-order valence-corrected chi connectivity index (χ3v) is 5.12. The van der Waals surface area contributed by atoms with Crippen molar-refractivity contribution in [1.29, 1.82) is 0 Å². The third kappa shape index (κ3) is 2.35. The van der Waals surface area contributed by atoms with Crippen molar-refractivity contribution in [3.05, 3.63) is 60.4 Å². The zero-order valence-electron chi connectivity index (χ0n) is 14.3. The standard InChI is InChI=1S/C20H21N5/c1-2-23-11-12-24(14-23)16-7-8-19-15(13-16)9-10-25(19)20-21-17-5-3-4-6-18(17)22-20/h3-8,11-13H,2,9-10,14H2,1H3,(H,21,22). The molecule has 2 aliphatic heterocycles. The molecule has 3 aromatic rings. The molecule has 0 saturated carbocycles. The molecule has 0 radical (unpaired) electrons. The van der Waals surface area contributed by atoms with Gasteiger partial charge in [0.05, 0.1) is 17.7 Å². The second kappa shape index (κ2) is 5.55. The van der Waals surface area contributed by atoms with Crippen LogP contribution >= 0.6 is 0 Å². The molecule has 0 spiro atoms. The molecule has 0 saturated heterocycles. The Morgan fingerprint density at radius 2 is 2.04 bits per heavy atom. The Kier molecular flexibility index (Phi) is 3.20. The maximum absolute atomic E-state index is 4.76. The highest BCUT2D eigenvalue weighted by Crippen LogP contribution is 2.36. The fourth-order valence-corrected chi connectivity index (χ4v) is 3.69. The van der Waals surface area contributed by atoms with Crippen LogP contribution in [0.5, 0.6) is 0 Å². The highest BCUT2D eigenvalue weighted by atomic mass is 15.3. The number of rotatable bonds is 3. The number of anilines is 3. The molecule has 5 nitrogen and oxygen atoms in total. The highest BCUT2D eigenvalue weighted by molar-refractivity contribution is 5.80. The summed E-state index contributed by atoms with van der Waals surface area (Å²) in [6.07, 6.45) is 5.38. The van der Waals surface area contributed by atoms with E-state index < -0.39 is 0 Å². The van der Waals surface area contributed by atoms with E-state index in [9.17, 15) is 0 Å². The largest absolute Gasteiger partial charge is 0.359 e. The summed E-state index contributed by atoms with van der Waals surface area (Å²) in [6, 6.07) is 15.0. The van der Waals surface area contributed by atoms with Gasteiger partial charge in [0, 0.05) is 36.9 Å². The lowest BCUT2D eigenvalue weighted by Crippen LogP contribution is -2.24. The van der Waals surface area contributed by atoms with Crippen LogP contribution in [0.25, 0.3) is 11.0 Å². The van der Waals surface area contributed by atoms with Gasteiger partial charge in [-0.1, -0.05) is 12.1 Å². The summed E-state index contributed by atoms with van der Waals surface area (Å²) in [5.74, 6) is 0.936. The maximum Gasteiger partial charge on any atom is 0.208 e. The molecule has 5 rings (SSSR count). The van der Waals surface area contributed by atoms with E-state index in [1.54, 1.807) is 0 Å². The van der Waals surface area contributed by atoms with Gasteiger partial charge in [-0.3, -0.25) is 0 Å². The van der Waals surface area contributed by atoms with Crippen molar-refractivity contribution in [3.8, 4) is 0 Å². The van der Waals surface area contributed by atoms with Crippen LogP contribution in [0, 0.1) is 0 Å². The summed E-state index contributed by atoms with van der Waals surface area (Å²) in [5.41, 5.74) is 6.02. The first-order chi connectivity index (χ1) is 12.3. The number of fused-ring (bicyclic) bond motifs is 2. The van der Waals surface area contributed by atoms with E-state index >= 15 is 0 Å². The average Bonchev–Trinajstić information content (AvgIpc) is 3.37. The number of aromatic amines is 1. The van der Waals surface area contributed by atoms with Crippen LogP contribution in [0.15, 0.2) is 54.9 Å². The van der Waals surface area contributed by atoms with E-state index in [2.05, 4.69) is 69.3 Å². The first-order valence-electron chi connectivity index (χ1n) is 8.86. The van der Waals surface area contributed by atoms with Crippen molar-refractivity contribution in [2.24, 2.45) is 0 Å². The van der Waals surface area contributed by atoms with Gasteiger partial charge in [-0.2, -0.15) is 0 Å². The summed E-state index contributed by atoms with van der Waals surface area (Å²) in [5, 5.41) is 0. The second-order valence-corrected chi connectivity index (χ2v) is 6.61. The topological polar surface area (TPSA) is 38.4 Å². The first-order valence-corrected chi connectivity index (χ1v) is 8.86. The van der Waals surface area contributed by atoms with Crippen molar-refractivity contribution in [3.63, 3.8) is 0 Å². The van der Waals surface area contributed by atoms with Crippen LogP contribution in [0.3, 0.4) is 0 Å². The van der Waals surface area contributed by atoms with E-state index in [0.717, 1.165) is 43.2 Å². The second-order valence-electron chi connectivity index (χ2n) is 6.61. The molecule has 0 atom stereocenters. The van der Waals surface area contributed by atoms with Gasteiger partial charge < -0.3 is 19.7 Å². The van der Waals surface area contributed by atoms with Crippen LogP contribution in [-0.2, 0) is 6.42 Å². The van der Waals surface area contributed by atoms with Crippen LogP contribution < -0.4 is 9.80 Å². The molecular formula is C20H21N5. The zero-order chi connectivity index (χ0) is 16.8. The van der Waals surface area contributed by atoms with Gasteiger partial charge in [0.25, 0.3) is 0 Å². The fraction of sp³-hybridized carbons (Fsp3) is 0.250. The number of nitrogens with zero attached hydrogens (tertiary/aromatic N) is 4. The lowest BCUT2D eigenvalue weighted by Gasteiger charge is -2.21. The van der Waals surface area contributed by atoms with Gasteiger partial charge in [-0.15, -0.1) is 0 Å². The minimum absolute atomic E-state index is 0.933. The average molecular weight is 331 g/mol. The summed E-state index contributed by atoms with van der Waals surface area (Å²) >= 11 is 0. The Hall–Kier alpha value is -2.95. The van der Waals surface area contributed by atoms with Gasteiger partial charge in [-0.05, 0) is 49.2 Å². The van der Waals surface area contributed by atoms with Gasteiger partial charge in [-0.25, -0.2) is 4.98 Å². The number of H-pyrrole nitrogens is 1. The predicted octanol–water partition coefficient (Wildman–Crippen LogP) is 3.83. The molecule has 3 heterocycles. The SMILES string of the molecule is CCN1C=CN(c2ccc3c(c2)CCN3c2nc3ccccc3[nH]2)C1. The fourth-order valence-electron chi connectivity index (χ4n) is 3.69. The molecule has 1 N–H and O–H groups in total. The maximum atomic E-state index is 4.76. The van der Waals surface area contributed by atoms with E-state index in [4.69, 9.17) is 4.98 Å². The van der Waals surface area contributed by atoms with Crippen LogP contribution in [-0.4, -0.2) is 34.6 Å². The Balaban J connectivity index is 1.45. The number of hydrogen-bond donors (Lipinski definition) is 1. The van der Waals surface area contributed by atoms with Gasteiger partial charge in [0.15, 0.2) is 0 Å². The third-order valence-electron chi connectivity index (χ3n) is 5.12. The molecule has 0 aliphatic carbocycles. The quantitative estimate of drug-likeness (QED) is 0.792. The zero-order valence-corrected chi connectivity index (χ0v) is 14.3. The molecule has 0 bridgehead atoms. The normalized spacial score (nSPS) is 16.3. The lowest BCUT2D eigenvalue weighted by atomic mass is 10.1. The van der Waals surface area contributed by atoms with Crippen molar-refractivity contribution >= 4 is 28.4 Å². The number of para-hydroxylation sites is 2. The molecule has 126 valence electrons. The van der Waals surface area contributed by atoms with E-state index in [0.29, 0.717) is 0 Å². The minimum Gasteiger partial charge on any atom is -0.359 e. The van der Waals surface area contributed by atoms with Crippen LogP contribution in [0.4, 0.5) is 17.3 Å². The molecule has 0 fully saturated rings. The summed E-state index contributed by atoms with van der Waals surface area (Å²) in [6.45, 7) is 5.12. The van der Waals surface area contributed by atoms with Crippen molar-refractivity contribution < 1.29 is 0 Å². The van der Waals surface area contributed by atoms with Crippen LogP contribution in [0.2, 0.25) is 0 Å². The Labute approximate surface area is 147 Å². The smallest absolute Gasteiger partial charge is 0.208 e. The monoisotopic (exact) mass is 331 g/mol. The summed E-state index contributed by atoms with van der Waals surface area (Å²) in [7, 11) is 0. The number of imidazole rings is 1. The van der Waals surface area contributed by atoms with Gasteiger partial charge in [0.1, 0.15) is 0 Å². The van der Waals surface area contributed by atoms with Crippen LogP contribution in [0.1, 0.15) is 12.5 Å². The van der Waals surface area contributed by atoms with Crippen molar-refractivity contribution in [1.82, 2.24) is 14.9 Å². The molecule has 5 heteroatoms. The predicted molar refractivity (Wildman–Crippen MR) is 102 cm³/mol. The number of aromatic nitrogens is 2. The summed E-state index contributed by atoms with van der Waals surface area (Å²) in [4.78, 5) is 15.1. The molecule has 2 aromatic carbocycles. The van der Waals surface area contributed by atoms with Gasteiger partial charge in [0.2, 0.25) is 5.95 Å². The van der Waals surface area contributed by atoms with Crippen molar-refractivity contribution in [2.75, 3.05) is 29.6 Å². The highest BCUT2D eigenvalue weighted by Gasteiger charge is 2.24. The molecule has 2 aliphatic rings. The molecule has 0 amide bonds. The van der Waals surface area contributed by atoms with Crippen molar-refractivity contribution in [2.45, 2.75) is 13.3 Å². The van der Waals surface area contributed by atoms with E-state index in [1.807, 2.05) is 12.1 Å². The number of benzene rings is 2.